The van der Waals surface area contributed by atoms with Crippen molar-refractivity contribution >= 4 is 17.6 Å². The van der Waals surface area contributed by atoms with E-state index < -0.39 is 0 Å². The molecule has 0 saturated carbocycles. The molecule has 0 aliphatic carbocycles. The summed E-state index contributed by atoms with van der Waals surface area (Å²) in [6.45, 7) is 0. The zero-order valence-electron chi connectivity index (χ0n) is 6.83. The van der Waals surface area contributed by atoms with E-state index in [0.717, 1.165) is 0 Å². The van der Waals surface area contributed by atoms with Crippen LogP contribution in [-0.4, -0.2) is 23.3 Å². The van der Waals surface area contributed by atoms with Crippen molar-refractivity contribution in [1.82, 2.24) is 9.97 Å². The molecule has 0 spiro atoms. The largest absolute Gasteiger partial charge is 0.372 e. The maximum absolute atomic E-state index is 8.64. The van der Waals surface area contributed by atoms with Crippen LogP contribution in [0.3, 0.4) is 0 Å². The minimum atomic E-state index is 0.468. The van der Waals surface area contributed by atoms with Gasteiger partial charge in [0, 0.05) is 7.05 Å². The van der Waals surface area contributed by atoms with Gasteiger partial charge in [0.2, 0.25) is 0 Å². The summed E-state index contributed by atoms with van der Waals surface area (Å²) in [6, 6.07) is 2.00. The van der Waals surface area contributed by atoms with Crippen molar-refractivity contribution in [3.8, 4) is 6.07 Å². The maximum atomic E-state index is 8.64. The standard InChI is InChI=1S/C7H8N4S/c1-9-6-5(3-8)4-10-7(11-6)12-2/h4H,1-2H3,(H,9,10,11). The van der Waals surface area contributed by atoms with Crippen molar-refractivity contribution in [3.63, 3.8) is 0 Å². The Hall–Kier alpha value is -1.28. The molecule has 5 heteroatoms. The molecule has 0 fully saturated rings. The van der Waals surface area contributed by atoms with E-state index in [2.05, 4.69) is 15.3 Å². The summed E-state index contributed by atoms with van der Waals surface area (Å²) in [5.74, 6) is 0.580. The highest BCUT2D eigenvalue weighted by Gasteiger charge is 2.03. The molecular formula is C7H8N4S. The summed E-state index contributed by atoms with van der Waals surface area (Å²) in [4.78, 5) is 8.06. The minimum Gasteiger partial charge on any atom is -0.372 e. The van der Waals surface area contributed by atoms with Gasteiger partial charge in [-0.05, 0) is 6.26 Å². The zero-order valence-corrected chi connectivity index (χ0v) is 7.64. The lowest BCUT2D eigenvalue weighted by Crippen LogP contribution is -1.98. The topological polar surface area (TPSA) is 61.6 Å². The summed E-state index contributed by atoms with van der Waals surface area (Å²) in [5.41, 5.74) is 0.468. The lowest BCUT2D eigenvalue weighted by atomic mass is 10.3. The van der Waals surface area contributed by atoms with E-state index in [1.165, 1.54) is 18.0 Å². The highest BCUT2D eigenvalue weighted by Crippen LogP contribution is 2.14. The molecular weight excluding hydrogens is 172 g/mol. The van der Waals surface area contributed by atoms with Crippen LogP contribution in [-0.2, 0) is 0 Å². The first-order valence-corrected chi connectivity index (χ1v) is 4.53. The summed E-state index contributed by atoms with van der Waals surface area (Å²) in [6.07, 6.45) is 3.41. The number of nitrogens with one attached hydrogen (secondary N) is 1. The van der Waals surface area contributed by atoms with Crippen LogP contribution in [0.4, 0.5) is 5.82 Å². The van der Waals surface area contributed by atoms with Crippen molar-refractivity contribution in [3.05, 3.63) is 11.8 Å². The third kappa shape index (κ3) is 1.66. The SMILES string of the molecule is CNc1nc(SC)ncc1C#N. The van der Waals surface area contributed by atoms with Gasteiger partial charge in [-0.2, -0.15) is 5.26 Å². The fourth-order valence-electron chi connectivity index (χ4n) is 0.736. The highest BCUT2D eigenvalue weighted by atomic mass is 32.2. The van der Waals surface area contributed by atoms with Gasteiger partial charge in [0.1, 0.15) is 17.5 Å². The number of nitrogens with zero attached hydrogens (tertiary/aromatic N) is 3. The van der Waals surface area contributed by atoms with Crippen LogP contribution >= 0.6 is 11.8 Å². The van der Waals surface area contributed by atoms with Crippen LogP contribution in [0, 0.1) is 11.3 Å². The van der Waals surface area contributed by atoms with Crippen LogP contribution < -0.4 is 5.32 Å². The van der Waals surface area contributed by atoms with Crippen LogP contribution in [0.15, 0.2) is 11.4 Å². The molecule has 0 aromatic carbocycles. The van der Waals surface area contributed by atoms with Crippen molar-refractivity contribution in [1.29, 1.82) is 5.26 Å². The van der Waals surface area contributed by atoms with Crippen LogP contribution in [0.2, 0.25) is 0 Å². The summed E-state index contributed by atoms with van der Waals surface area (Å²) in [5, 5.41) is 12.1. The second-order valence-corrected chi connectivity index (χ2v) is 2.75. The van der Waals surface area contributed by atoms with E-state index in [4.69, 9.17) is 5.26 Å². The number of thioether (sulfide) groups is 1. The number of hydrogen-bond donors (Lipinski definition) is 1. The fourth-order valence-corrected chi connectivity index (χ4v) is 1.08. The molecule has 1 aromatic rings. The Morgan fingerprint density at radius 3 is 2.92 bits per heavy atom. The van der Waals surface area contributed by atoms with Gasteiger partial charge in [-0.3, -0.25) is 0 Å². The lowest BCUT2D eigenvalue weighted by molar-refractivity contribution is 0.965. The Morgan fingerprint density at radius 2 is 2.42 bits per heavy atom. The Bertz CT molecular complexity index is 318. The number of anilines is 1. The second-order valence-electron chi connectivity index (χ2n) is 1.98. The minimum absolute atomic E-state index is 0.468. The van der Waals surface area contributed by atoms with E-state index in [0.29, 0.717) is 16.5 Å². The van der Waals surface area contributed by atoms with Crippen LogP contribution in [0.25, 0.3) is 0 Å². The quantitative estimate of drug-likeness (QED) is 0.545. The number of aromatic nitrogens is 2. The Balaban J connectivity index is 3.13. The molecule has 0 aliphatic rings. The Labute approximate surface area is 75.0 Å². The molecule has 0 bridgehead atoms. The highest BCUT2D eigenvalue weighted by molar-refractivity contribution is 7.98. The van der Waals surface area contributed by atoms with Crippen molar-refractivity contribution in [2.24, 2.45) is 0 Å². The van der Waals surface area contributed by atoms with Gasteiger partial charge in [0.15, 0.2) is 5.16 Å². The maximum Gasteiger partial charge on any atom is 0.189 e. The van der Waals surface area contributed by atoms with E-state index >= 15 is 0 Å². The van der Waals surface area contributed by atoms with Gasteiger partial charge in [-0.25, -0.2) is 9.97 Å². The normalized spacial score (nSPS) is 9.08. The molecule has 1 heterocycles. The van der Waals surface area contributed by atoms with Gasteiger partial charge in [0.25, 0.3) is 0 Å². The third-order valence-electron chi connectivity index (χ3n) is 1.31. The third-order valence-corrected chi connectivity index (χ3v) is 1.87. The van der Waals surface area contributed by atoms with E-state index in [9.17, 15) is 0 Å². The Morgan fingerprint density at radius 1 is 1.67 bits per heavy atom. The van der Waals surface area contributed by atoms with Crippen LogP contribution in [0.1, 0.15) is 5.56 Å². The molecule has 12 heavy (non-hydrogen) atoms. The van der Waals surface area contributed by atoms with E-state index in [1.54, 1.807) is 7.05 Å². The molecule has 62 valence electrons. The Kier molecular flexibility index (Phi) is 2.88. The predicted octanol–water partition coefficient (Wildman–Crippen LogP) is 1.11. The summed E-state index contributed by atoms with van der Waals surface area (Å²) in [7, 11) is 1.73. The van der Waals surface area contributed by atoms with E-state index in [-0.39, 0.29) is 0 Å². The van der Waals surface area contributed by atoms with Gasteiger partial charge < -0.3 is 5.32 Å². The van der Waals surface area contributed by atoms with Crippen molar-refractivity contribution < 1.29 is 0 Å². The molecule has 0 amide bonds. The average molecular weight is 180 g/mol. The number of hydrogen-bond acceptors (Lipinski definition) is 5. The van der Waals surface area contributed by atoms with Gasteiger partial charge in [-0.15, -0.1) is 0 Å². The first-order valence-electron chi connectivity index (χ1n) is 3.30. The molecule has 0 radical (unpaired) electrons. The first-order chi connectivity index (χ1) is 5.81. The van der Waals surface area contributed by atoms with E-state index in [1.807, 2.05) is 12.3 Å². The monoisotopic (exact) mass is 180 g/mol. The van der Waals surface area contributed by atoms with Gasteiger partial charge in [0.05, 0.1) is 6.20 Å². The summed E-state index contributed by atoms with van der Waals surface area (Å²) >= 11 is 1.45. The van der Waals surface area contributed by atoms with Crippen molar-refractivity contribution in [2.45, 2.75) is 5.16 Å². The van der Waals surface area contributed by atoms with Gasteiger partial charge in [-0.1, -0.05) is 11.8 Å². The molecule has 4 nitrogen and oxygen atoms in total. The zero-order chi connectivity index (χ0) is 8.97. The van der Waals surface area contributed by atoms with Gasteiger partial charge >= 0.3 is 0 Å². The molecule has 0 saturated heterocycles. The molecule has 0 unspecified atom stereocenters. The van der Waals surface area contributed by atoms with Crippen LogP contribution in [0.5, 0.6) is 0 Å². The van der Waals surface area contributed by atoms with Crippen molar-refractivity contribution in [2.75, 3.05) is 18.6 Å². The molecule has 1 aromatic heterocycles. The second kappa shape index (κ2) is 3.93. The molecule has 0 atom stereocenters. The average Bonchev–Trinajstić information content (AvgIpc) is 2.16. The predicted molar refractivity (Wildman–Crippen MR) is 48.1 cm³/mol. The fraction of sp³-hybridized carbons (Fsp3) is 0.286. The number of rotatable bonds is 2. The first kappa shape index (κ1) is 8.81. The lowest BCUT2D eigenvalue weighted by Gasteiger charge is -2.01. The smallest absolute Gasteiger partial charge is 0.189 e. The number of nitriles is 1. The molecule has 0 aliphatic heterocycles. The molecule has 1 N–H and O–H groups in total. The molecule has 1 rings (SSSR count). The summed E-state index contributed by atoms with van der Waals surface area (Å²) < 4.78 is 0.